The molecule has 0 atom stereocenters. The van der Waals surface area contributed by atoms with Crippen LogP contribution in [0.2, 0.25) is 0 Å². The highest BCUT2D eigenvalue weighted by atomic mass is 16.2. The molecule has 0 fully saturated rings. The molecule has 0 aliphatic carbocycles. The maximum absolute atomic E-state index is 12.8. The number of aromatic nitrogens is 3. The minimum atomic E-state index is -0.419. The topological polar surface area (TPSA) is 89.2 Å². The minimum Gasteiger partial charge on any atom is -0.354 e. The predicted octanol–water partition coefficient (Wildman–Crippen LogP) is 1.17. The van der Waals surface area contributed by atoms with Gasteiger partial charge in [-0.1, -0.05) is 43.7 Å². The van der Waals surface area contributed by atoms with E-state index >= 15 is 0 Å². The van der Waals surface area contributed by atoms with Crippen LogP contribution >= 0.6 is 0 Å². The summed E-state index contributed by atoms with van der Waals surface area (Å²) in [6.45, 7) is 7.82. The fraction of sp³-hybridized carbons (Fsp3) is 0.500. The van der Waals surface area contributed by atoms with Crippen LogP contribution in [-0.2, 0) is 24.4 Å². The number of carbonyl (C=O) groups excluding carboxylic acids is 2. The molecule has 150 valence electrons. The lowest BCUT2D eigenvalue weighted by Gasteiger charge is -2.26. The Morgan fingerprint density at radius 3 is 2.75 bits per heavy atom. The molecular weight excluding hydrogens is 358 g/mol. The maximum Gasteiger partial charge on any atom is 0.346 e. The van der Waals surface area contributed by atoms with Crippen molar-refractivity contribution in [3.8, 4) is 0 Å². The number of hydrogen-bond donors (Lipinski definition) is 1. The van der Waals surface area contributed by atoms with Gasteiger partial charge in [0.25, 0.3) is 5.91 Å². The summed E-state index contributed by atoms with van der Waals surface area (Å²) in [6, 6.07) is 7.98. The Morgan fingerprint density at radius 1 is 1.25 bits per heavy atom. The van der Waals surface area contributed by atoms with Gasteiger partial charge in [-0.15, -0.1) is 5.10 Å². The molecule has 8 heteroatoms. The lowest BCUT2D eigenvalue weighted by molar-refractivity contribution is -0.121. The summed E-state index contributed by atoms with van der Waals surface area (Å²) < 4.78 is 2.44. The standard InChI is InChI=1S/C20H27N5O3/c1-14(2)7-8-21-17(26)13-25-20(28)24-10-9-23(19(27)18(24)22-25)12-16-6-4-5-15(3)11-16/h4-6,11,14H,7-10,12-13H2,1-3H3,(H,21,26). The van der Waals surface area contributed by atoms with E-state index in [-0.39, 0.29) is 24.2 Å². The minimum absolute atomic E-state index is 0.0962. The van der Waals surface area contributed by atoms with Gasteiger partial charge in [-0.3, -0.25) is 14.2 Å². The van der Waals surface area contributed by atoms with Crippen LogP contribution in [0, 0.1) is 12.8 Å². The van der Waals surface area contributed by atoms with Crippen molar-refractivity contribution in [2.24, 2.45) is 5.92 Å². The van der Waals surface area contributed by atoms with Crippen LogP contribution in [0.15, 0.2) is 29.1 Å². The van der Waals surface area contributed by atoms with Crippen molar-refractivity contribution in [2.75, 3.05) is 13.1 Å². The Hall–Kier alpha value is -2.90. The van der Waals surface area contributed by atoms with Gasteiger partial charge in [0.15, 0.2) is 0 Å². The average molecular weight is 385 g/mol. The Morgan fingerprint density at radius 2 is 2.04 bits per heavy atom. The van der Waals surface area contributed by atoms with Crippen LogP contribution < -0.4 is 11.0 Å². The Bertz CT molecular complexity index is 928. The van der Waals surface area contributed by atoms with E-state index in [9.17, 15) is 14.4 Å². The van der Waals surface area contributed by atoms with Crippen LogP contribution in [0.1, 0.15) is 42.0 Å². The highest BCUT2D eigenvalue weighted by molar-refractivity contribution is 5.91. The van der Waals surface area contributed by atoms with E-state index in [0.717, 1.165) is 22.2 Å². The average Bonchev–Trinajstić information content (AvgIpc) is 2.94. The van der Waals surface area contributed by atoms with Gasteiger partial charge in [0.1, 0.15) is 6.54 Å². The quantitative estimate of drug-likeness (QED) is 0.775. The molecule has 28 heavy (non-hydrogen) atoms. The fourth-order valence-electron chi connectivity index (χ4n) is 3.24. The lowest BCUT2D eigenvalue weighted by atomic mass is 10.1. The van der Waals surface area contributed by atoms with Crippen molar-refractivity contribution >= 4 is 11.8 Å². The van der Waals surface area contributed by atoms with E-state index in [4.69, 9.17) is 0 Å². The van der Waals surface area contributed by atoms with E-state index in [2.05, 4.69) is 24.3 Å². The van der Waals surface area contributed by atoms with E-state index in [0.29, 0.717) is 32.1 Å². The molecule has 0 bridgehead atoms. The molecule has 8 nitrogen and oxygen atoms in total. The van der Waals surface area contributed by atoms with Gasteiger partial charge >= 0.3 is 5.69 Å². The number of fused-ring (bicyclic) bond motifs is 1. The van der Waals surface area contributed by atoms with Crippen LogP contribution in [0.5, 0.6) is 0 Å². The fourth-order valence-corrected chi connectivity index (χ4v) is 3.24. The SMILES string of the molecule is Cc1cccc(CN2CCn3c(nn(CC(=O)NCCC(C)C)c3=O)C2=O)c1. The number of rotatable bonds is 7. The molecule has 1 aliphatic heterocycles. The number of benzene rings is 1. The van der Waals surface area contributed by atoms with Gasteiger partial charge in [-0.2, -0.15) is 0 Å². The molecular formula is C20H27N5O3. The molecule has 0 spiro atoms. The maximum atomic E-state index is 12.8. The summed E-state index contributed by atoms with van der Waals surface area (Å²) in [5, 5.41) is 6.92. The summed E-state index contributed by atoms with van der Waals surface area (Å²) >= 11 is 0. The van der Waals surface area contributed by atoms with E-state index in [1.54, 1.807) is 4.90 Å². The molecule has 3 rings (SSSR count). The highest BCUT2D eigenvalue weighted by Gasteiger charge is 2.30. The summed E-state index contributed by atoms with van der Waals surface area (Å²) in [7, 11) is 0. The number of aryl methyl sites for hydroxylation is 1. The lowest BCUT2D eigenvalue weighted by Crippen LogP contribution is -2.42. The summed E-state index contributed by atoms with van der Waals surface area (Å²) in [4.78, 5) is 39.0. The van der Waals surface area contributed by atoms with Crippen molar-refractivity contribution in [1.82, 2.24) is 24.6 Å². The van der Waals surface area contributed by atoms with Gasteiger partial charge in [0, 0.05) is 26.2 Å². The van der Waals surface area contributed by atoms with Gasteiger partial charge in [0.2, 0.25) is 11.7 Å². The molecule has 1 aromatic carbocycles. The number of hydrogen-bond acceptors (Lipinski definition) is 4. The summed E-state index contributed by atoms with van der Waals surface area (Å²) in [6.07, 6.45) is 0.868. The van der Waals surface area contributed by atoms with Crippen LogP contribution in [0.3, 0.4) is 0 Å². The number of nitrogens with one attached hydrogen (secondary N) is 1. The van der Waals surface area contributed by atoms with Crippen molar-refractivity contribution in [3.63, 3.8) is 0 Å². The first-order valence-corrected chi connectivity index (χ1v) is 9.64. The normalized spacial score (nSPS) is 13.7. The van der Waals surface area contributed by atoms with Crippen LogP contribution in [0.25, 0.3) is 0 Å². The first-order valence-electron chi connectivity index (χ1n) is 9.64. The third-order valence-electron chi connectivity index (χ3n) is 4.79. The third kappa shape index (κ3) is 4.49. The van der Waals surface area contributed by atoms with Gasteiger partial charge in [-0.05, 0) is 24.8 Å². The highest BCUT2D eigenvalue weighted by Crippen LogP contribution is 2.13. The summed E-state index contributed by atoms with van der Waals surface area (Å²) in [5.74, 6) is 0.0184. The second-order valence-corrected chi connectivity index (χ2v) is 7.66. The largest absolute Gasteiger partial charge is 0.354 e. The van der Waals surface area contributed by atoms with E-state index in [1.165, 1.54) is 4.57 Å². The van der Waals surface area contributed by atoms with E-state index < -0.39 is 5.69 Å². The van der Waals surface area contributed by atoms with Crippen molar-refractivity contribution in [3.05, 3.63) is 51.7 Å². The Kier molecular flexibility index (Phi) is 5.96. The second kappa shape index (κ2) is 8.41. The van der Waals surface area contributed by atoms with Crippen molar-refractivity contribution in [1.29, 1.82) is 0 Å². The first-order chi connectivity index (χ1) is 13.3. The van der Waals surface area contributed by atoms with Crippen LogP contribution in [-0.4, -0.2) is 44.2 Å². The zero-order valence-electron chi connectivity index (χ0n) is 16.6. The van der Waals surface area contributed by atoms with Crippen molar-refractivity contribution in [2.45, 2.75) is 46.8 Å². The zero-order chi connectivity index (χ0) is 20.3. The molecule has 2 heterocycles. The molecule has 0 unspecified atom stereocenters. The van der Waals surface area contributed by atoms with E-state index in [1.807, 2.05) is 31.2 Å². The molecule has 1 aromatic heterocycles. The van der Waals surface area contributed by atoms with Gasteiger partial charge < -0.3 is 10.2 Å². The molecule has 0 radical (unpaired) electrons. The smallest absolute Gasteiger partial charge is 0.346 e. The van der Waals surface area contributed by atoms with Gasteiger partial charge in [-0.25, -0.2) is 9.48 Å². The molecule has 1 aliphatic rings. The zero-order valence-corrected chi connectivity index (χ0v) is 16.6. The Balaban J connectivity index is 1.69. The number of nitrogens with zero attached hydrogens (tertiary/aromatic N) is 4. The first kappa shape index (κ1) is 19.9. The molecule has 0 saturated heterocycles. The monoisotopic (exact) mass is 385 g/mol. The van der Waals surface area contributed by atoms with Gasteiger partial charge in [0.05, 0.1) is 0 Å². The molecule has 0 saturated carbocycles. The molecule has 2 aromatic rings. The number of amides is 2. The third-order valence-corrected chi connectivity index (χ3v) is 4.79. The molecule has 2 amide bonds. The van der Waals surface area contributed by atoms with Crippen LogP contribution in [0.4, 0.5) is 0 Å². The molecule has 1 N–H and O–H groups in total. The predicted molar refractivity (Wildman–Crippen MR) is 105 cm³/mol. The summed E-state index contributed by atoms with van der Waals surface area (Å²) in [5.41, 5.74) is 1.75. The van der Waals surface area contributed by atoms with Crippen molar-refractivity contribution < 1.29 is 9.59 Å². The second-order valence-electron chi connectivity index (χ2n) is 7.66. The number of carbonyl (C=O) groups is 2. The Labute approximate surface area is 164 Å².